The number of carbonyl (C=O) groups excluding carboxylic acids is 1. The lowest BCUT2D eigenvalue weighted by Gasteiger charge is -2.32. The fourth-order valence-electron chi connectivity index (χ4n) is 3.99. The van der Waals surface area contributed by atoms with Crippen molar-refractivity contribution in [3.05, 3.63) is 54.2 Å². The molecule has 0 spiro atoms. The van der Waals surface area contributed by atoms with E-state index in [0.29, 0.717) is 17.4 Å². The molecule has 1 N–H and O–H groups in total. The summed E-state index contributed by atoms with van der Waals surface area (Å²) in [7, 11) is 3.28. The first-order valence-electron chi connectivity index (χ1n) is 9.88. The molecule has 152 valence electrons. The number of piperidine rings is 1. The average Bonchev–Trinajstić information content (AvgIpc) is 3.20. The Balaban J connectivity index is 1.36. The van der Waals surface area contributed by atoms with Crippen molar-refractivity contribution in [2.75, 3.05) is 33.9 Å². The molecule has 0 saturated carbocycles. The van der Waals surface area contributed by atoms with Crippen molar-refractivity contribution >= 4 is 16.8 Å². The molecule has 0 aliphatic carbocycles. The molecule has 0 unspecified atom stereocenters. The van der Waals surface area contributed by atoms with Gasteiger partial charge in [-0.05, 0) is 54.7 Å². The summed E-state index contributed by atoms with van der Waals surface area (Å²) in [6, 6.07) is 13.5. The first-order chi connectivity index (χ1) is 14.2. The number of fused-ring (bicyclic) bond motifs is 1. The molecule has 2 heterocycles. The van der Waals surface area contributed by atoms with E-state index in [-0.39, 0.29) is 12.5 Å². The Morgan fingerprint density at radius 3 is 2.55 bits per heavy atom. The number of likely N-dealkylation sites (tertiary alicyclic amines) is 1. The molecule has 6 nitrogen and oxygen atoms in total. The number of aromatic nitrogens is 1. The SMILES string of the molecule is COc1ccc2[nH]cc(C3CCN(C(=O)COc4ccccc4OC)CC3)c2c1. The highest BCUT2D eigenvalue weighted by Crippen LogP contribution is 2.34. The van der Waals surface area contributed by atoms with Crippen LogP contribution < -0.4 is 14.2 Å². The summed E-state index contributed by atoms with van der Waals surface area (Å²) in [5.41, 5.74) is 2.42. The Hall–Kier alpha value is -3.15. The zero-order valence-corrected chi connectivity index (χ0v) is 16.8. The number of benzene rings is 2. The lowest BCUT2D eigenvalue weighted by Crippen LogP contribution is -2.40. The van der Waals surface area contributed by atoms with Crippen molar-refractivity contribution in [3.63, 3.8) is 0 Å². The standard InChI is InChI=1S/C23H26N2O4/c1-27-17-7-8-20-18(13-17)19(14-24-20)16-9-11-25(12-10-16)23(26)15-29-22-6-4-3-5-21(22)28-2/h3-8,13-14,16,24H,9-12,15H2,1-2H3. The second-order valence-corrected chi connectivity index (χ2v) is 7.25. The van der Waals surface area contributed by atoms with Crippen LogP contribution in [0.25, 0.3) is 10.9 Å². The summed E-state index contributed by atoms with van der Waals surface area (Å²) in [5, 5.41) is 1.20. The number of amides is 1. The monoisotopic (exact) mass is 394 g/mol. The van der Waals surface area contributed by atoms with Gasteiger partial charge in [0.05, 0.1) is 14.2 Å². The Kier molecular flexibility index (Phi) is 5.60. The Morgan fingerprint density at radius 1 is 1.07 bits per heavy atom. The van der Waals surface area contributed by atoms with Crippen LogP contribution in [0.3, 0.4) is 0 Å². The van der Waals surface area contributed by atoms with E-state index in [1.165, 1.54) is 10.9 Å². The van der Waals surface area contributed by atoms with Crippen LogP contribution in [0, 0.1) is 0 Å². The van der Waals surface area contributed by atoms with Crippen molar-refractivity contribution in [2.45, 2.75) is 18.8 Å². The molecule has 3 aromatic rings. The highest BCUT2D eigenvalue weighted by Gasteiger charge is 2.26. The van der Waals surface area contributed by atoms with Gasteiger partial charge >= 0.3 is 0 Å². The number of hydrogen-bond acceptors (Lipinski definition) is 4. The van der Waals surface area contributed by atoms with E-state index in [1.54, 1.807) is 14.2 Å². The number of hydrogen-bond donors (Lipinski definition) is 1. The van der Waals surface area contributed by atoms with Gasteiger partial charge in [-0.3, -0.25) is 4.79 Å². The van der Waals surface area contributed by atoms with E-state index in [9.17, 15) is 4.79 Å². The number of carbonyl (C=O) groups is 1. The van der Waals surface area contributed by atoms with Crippen LogP contribution in [-0.4, -0.2) is 49.7 Å². The largest absolute Gasteiger partial charge is 0.497 e. The maximum atomic E-state index is 12.6. The second kappa shape index (κ2) is 8.47. The molecule has 29 heavy (non-hydrogen) atoms. The predicted molar refractivity (Wildman–Crippen MR) is 112 cm³/mol. The number of nitrogens with zero attached hydrogens (tertiary/aromatic N) is 1. The van der Waals surface area contributed by atoms with Crippen LogP contribution in [0.1, 0.15) is 24.3 Å². The van der Waals surface area contributed by atoms with Crippen molar-refractivity contribution in [1.29, 1.82) is 0 Å². The fraction of sp³-hybridized carbons (Fsp3) is 0.348. The smallest absolute Gasteiger partial charge is 0.260 e. The summed E-state index contributed by atoms with van der Waals surface area (Å²) in [4.78, 5) is 17.8. The summed E-state index contributed by atoms with van der Waals surface area (Å²) < 4.78 is 16.3. The van der Waals surface area contributed by atoms with Gasteiger partial charge in [-0.1, -0.05) is 12.1 Å². The third-order valence-electron chi connectivity index (χ3n) is 5.63. The number of aromatic amines is 1. The molecule has 1 amide bonds. The molecule has 1 aliphatic heterocycles. The molecule has 2 aromatic carbocycles. The minimum atomic E-state index is 0.00921. The fourth-order valence-corrected chi connectivity index (χ4v) is 3.99. The lowest BCUT2D eigenvalue weighted by atomic mass is 9.89. The van der Waals surface area contributed by atoms with Gasteiger partial charge in [0, 0.05) is 30.2 Å². The van der Waals surface area contributed by atoms with Crippen molar-refractivity contribution in [1.82, 2.24) is 9.88 Å². The number of para-hydroxylation sites is 2. The molecule has 1 aromatic heterocycles. The van der Waals surface area contributed by atoms with Gasteiger partial charge in [-0.2, -0.15) is 0 Å². The van der Waals surface area contributed by atoms with E-state index in [2.05, 4.69) is 17.2 Å². The molecular weight excluding hydrogens is 368 g/mol. The predicted octanol–water partition coefficient (Wildman–Crippen LogP) is 3.97. The summed E-state index contributed by atoms with van der Waals surface area (Å²) >= 11 is 0. The average molecular weight is 394 g/mol. The van der Waals surface area contributed by atoms with Crippen LogP contribution in [0.2, 0.25) is 0 Å². The van der Waals surface area contributed by atoms with Gasteiger partial charge in [-0.15, -0.1) is 0 Å². The molecule has 4 rings (SSSR count). The van der Waals surface area contributed by atoms with Crippen molar-refractivity contribution < 1.29 is 19.0 Å². The van der Waals surface area contributed by atoms with Gasteiger partial charge in [0.1, 0.15) is 5.75 Å². The van der Waals surface area contributed by atoms with Crippen LogP contribution in [0.5, 0.6) is 17.2 Å². The quantitative estimate of drug-likeness (QED) is 0.687. The van der Waals surface area contributed by atoms with Crippen LogP contribution in [0.15, 0.2) is 48.7 Å². The Morgan fingerprint density at radius 2 is 1.83 bits per heavy atom. The summed E-state index contributed by atoms with van der Waals surface area (Å²) in [5.74, 6) is 2.52. The highest BCUT2D eigenvalue weighted by molar-refractivity contribution is 5.85. The van der Waals surface area contributed by atoms with Crippen molar-refractivity contribution in [3.8, 4) is 17.2 Å². The maximum Gasteiger partial charge on any atom is 0.260 e. The normalized spacial score (nSPS) is 14.8. The molecular formula is C23H26N2O4. The summed E-state index contributed by atoms with van der Waals surface area (Å²) in [6.07, 6.45) is 3.96. The van der Waals surface area contributed by atoms with Crippen LogP contribution in [0.4, 0.5) is 0 Å². The van der Waals surface area contributed by atoms with Gasteiger partial charge < -0.3 is 24.1 Å². The molecule has 1 fully saturated rings. The van der Waals surface area contributed by atoms with Crippen LogP contribution in [-0.2, 0) is 4.79 Å². The number of H-pyrrole nitrogens is 1. The zero-order chi connectivity index (χ0) is 20.2. The van der Waals surface area contributed by atoms with E-state index in [4.69, 9.17) is 14.2 Å². The van der Waals surface area contributed by atoms with E-state index >= 15 is 0 Å². The third kappa shape index (κ3) is 4.01. The molecule has 1 saturated heterocycles. The summed E-state index contributed by atoms with van der Waals surface area (Å²) in [6.45, 7) is 1.49. The molecule has 1 aliphatic rings. The second-order valence-electron chi connectivity index (χ2n) is 7.25. The first kappa shape index (κ1) is 19.2. The van der Waals surface area contributed by atoms with Gasteiger partial charge in [0.15, 0.2) is 18.1 Å². The number of nitrogens with one attached hydrogen (secondary N) is 1. The molecule has 0 bridgehead atoms. The van der Waals surface area contributed by atoms with Crippen LogP contribution >= 0.6 is 0 Å². The minimum Gasteiger partial charge on any atom is -0.497 e. The number of ether oxygens (including phenoxy) is 3. The van der Waals surface area contributed by atoms with E-state index in [1.807, 2.05) is 41.3 Å². The maximum absolute atomic E-state index is 12.6. The topological polar surface area (TPSA) is 63.8 Å². The molecule has 0 radical (unpaired) electrons. The van der Waals surface area contributed by atoms with Crippen molar-refractivity contribution in [2.24, 2.45) is 0 Å². The van der Waals surface area contributed by atoms with Gasteiger partial charge in [0.25, 0.3) is 5.91 Å². The van der Waals surface area contributed by atoms with Gasteiger partial charge in [-0.25, -0.2) is 0 Å². The minimum absolute atomic E-state index is 0.00921. The highest BCUT2D eigenvalue weighted by atomic mass is 16.5. The first-order valence-corrected chi connectivity index (χ1v) is 9.88. The third-order valence-corrected chi connectivity index (χ3v) is 5.63. The number of rotatable bonds is 6. The Bertz CT molecular complexity index is 989. The van der Waals surface area contributed by atoms with Gasteiger partial charge in [0.2, 0.25) is 0 Å². The zero-order valence-electron chi connectivity index (χ0n) is 16.8. The molecule has 0 atom stereocenters. The van der Waals surface area contributed by atoms with E-state index < -0.39 is 0 Å². The Labute approximate surface area is 170 Å². The number of methoxy groups -OCH3 is 2. The van der Waals surface area contributed by atoms with E-state index in [0.717, 1.165) is 37.2 Å². The lowest BCUT2D eigenvalue weighted by molar-refractivity contribution is -0.134. The molecule has 6 heteroatoms.